The minimum Gasteiger partial charge on any atom is -0.360 e. The molecule has 0 radical (unpaired) electrons. The van der Waals surface area contributed by atoms with Gasteiger partial charge < -0.3 is 9.51 Å². The second-order valence-electron chi connectivity index (χ2n) is 5.08. The monoisotopic (exact) mass is 295 g/mol. The third-order valence-electron chi connectivity index (χ3n) is 3.15. The first-order chi connectivity index (χ1) is 9.84. The molecular formula is C14H12F3N3O. The van der Waals surface area contributed by atoms with Crippen LogP contribution in [0.5, 0.6) is 0 Å². The van der Waals surface area contributed by atoms with Crippen molar-refractivity contribution >= 4 is 11.0 Å². The minimum atomic E-state index is -4.38. The Morgan fingerprint density at radius 1 is 1.19 bits per heavy atom. The van der Waals surface area contributed by atoms with Crippen molar-refractivity contribution in [2.45, 2.75) is 25.9 Å². The smallest absolute Gasteiger partial charge is 0.360 e. The molecule has 0 amide bonds. The number of aromatic amines is 1. The molecule has 2 aromatic heterocycles. The fourth-order valence-corrected chi connectivity index (χ4v) is 1.98. The maximum absolute atomic E-state index is 12.7. The summed E-state index contributed by atoms with van der Waals surface area (Å²) in [5.74, 6) is 1.26. The van der Waals surface area contributed by atoms with E-state index in [0.717, 1.165) is 12.1 Å². The fraction of sp³-hybridized carbons (Fsp3) is 0.286. The van der Waals surface area contributed by atoms with Crippen molar-refractivity contribution in [1.29, 1.82) is 0 Å². The van der Waals surface area contributed by atoms with Gasteiger partial charge in [0.15, 0.2) is 5.82 Å². The number of H-pyrrole nitrogens is 1. The van der Waals surface area contributed by atoms with Gasteiger partial charge in [0.25, 0.3) is 0 Å². The molecular weight excluding hydrogens is 283 g/mol. The van der Waals surface area contributed by atoms with Crippen molar-refractivity contribution in [1.82, 2.24) is 15.1 Å². The van der Waals surface area contributed by atoms with Crippen LogP contribution in [-0.2, 0) is 6.18 Å². The third-order valence-corrected chi connectivity index (χ3v) is 3.15. The van der Waals surface area contributed by atoms with Crippen LogP contribution in [0.1, 0.15) is 31.1 Å². The van der Waals surface area contributed by atoms with Gasteiger partial charge in [0.2, 0.25) is 0 Å². The van der Waals surface area contributed by atoms with Crippen molar-refractivity contribution in [3.8, 4) is 11.5 Å². The Labute approximate surface area is 118 Å². The van der Waals surface area contributed by atoms with E-state index in [1.54, 1.807) is 6.07 Å². The number of aromatic nitrogens is 3. The van der Waals surface area contributed by atoms with Crippen LogP contribution in [0.15, 0.2) is 28.8 Å². The predicted octanol–water partition coefficient (Wildman–Crippen LogP) is 4.36. The normalized spacial score (nSPS) is 12.5. The molecule has 0 saturated heterocycles. The van der Waals surface area contributed by atoms with E-state index in [1.165, 1.54) is 6.07 Å². The summed E-state index contributed by atoms with van der Waals surface area (Å²) in [6.07, 6.45) is -4.38. The van der Waals surface area contributed by atoms with Crippen LogP contribution in [0.3, 0.4) is 0 Å². The largest absolute Gasteiger partial charge is 0.416 e. The SMILES string of the molecule is CC(C)c1cc(-c2nc3ccc(C(F)(F)F)cc3[nH]2)no1. The van der Waals surface area contributed by atoms with Crippen LogP contribution in [-0.4, -0.2) is 15.1 Å². The van der Waals surface area contributed by atoms with Gasteiger partial charge in [0.1, 0.15) is 11.5 Å². The van der Waals surface area contributed by atoms with E-state index >= 15 is 0 Å². The average Bonchev–Trinajstić information content (AvgIpc) is 3.03. The lowest BCUT2D eigenvalue weighted by Gasteiger charge is -2.05. The molecule has 0 saturated carbocycles. The molecule has 2 heterocycles. The summed E-state index contributed by atoms with van der Waals surface area (Å²) in [7, 11) is 0. The molecule has 7 heteroatoms. The number of nitrogens with zero attached hydrogens (tertiary/aromatic N) is 2. The molecule has 4 nitrogen and oxygen atoms in total. The lowest BCUT2D eigenvalue weighted by molar-refractivity contribution is -0.137. The second-order valence-corrected chi connectivity index (χ2v) is 5.08. The molecule has 110 valence electrons. The summed E-state index contributed by atoms with van der Waals surface area (Å²) in [6.45, 7) is 3.91. The van der Waals surface area contributed by atoms with Crippen molar-refractivity contribution in [3.05, 3.63) is 35.6 Å². The third kappa shape index (κ3) is 2.51. The van der Waals surface area contributed by atoms with Gasteiger partial charge in [-0.05, 0) is 18.2 Å². The van der Waals surface area contributed by atoms with E-state index < -0.39 is 11.7 Å². The number of hydrogen-bond acceptors (Lipinski definition) is 3. The highest BCUT2D eigenvalue weighted by molar-refractivity contribution is 5.79. The zero-order chi connectivity index (χ0) is 15.2. The fourth-order valence-electron chi connectivity index (χ4n) is 1.98. The maximum Gasteiger partial charge on any atom is 0.416 e. The summed E-state index contributed by atoms with van der Waals surface area (Å²) in [5.41, 5.74) is 0.526. The number of nitrogens with one attached hydrogen (secondary N) is 1. The number of hydrogen-bond donors (Lipinski definition) is 1. The maximum atomic E-state index is 12.7. The first-order valence-corrected chi connectivity index (χ1v) is 6.38. The molecule has 3 rings (SSSR count). The van der Waals surface area contributed by atoms with Gasteiger partial charge in [0, 0.05) is 12.0 Å². The first-order valence-electron chi connectivity index (χ1n) is 6.38. The Bertz CT molecular complexity index is 786. The Morgan fingerprint density at radius 3 is 2.57 bits per heavy atom. The van der Waals surface area contributed by atoms with E-state index in [9.17, 15) is 13.2 Å². The quantitative estimate of drug-likeness (QED) is 0.764. The standard InChI is InChI=1S/C14H12F3N3O/c1-7(2)12-6-11(20-21-12)13-18-9-4-3-8(14(15,16)17)5-10(9)19-13/h3-7H,1-2H3,(H,18,19). The number of imidazole rings is 1. The zero-order valence-electron chi connectivity index (χ0n) is 11.3. The molecule has 0 aliphatic carbocycles. The zero-order valence-corrected chi connectivity index (χ0v) is 11.3. The highest BCUT2D eigenvalue weighted by Crippen LogP contribution is 2.31. The first kappa shape index (κ1) is 13.7. The summed E-state index contributed by atoms with van der Waals surface area (Å²) in [5, 5.41) is 3.88. The second kappa shape index (κ2) is 4.61. The van der Waals surface area contributed by atoms with Gasteiger partial charge in [-0.1, -0.05) is 19.0 Å². The van der Waals surface area contributed by atoms with E-state index in [4.69, 9.17) is 4.52 Å². The highest BCUT2D eigenvalue weighted by atomic mass is 19.4. The van der Waals surface area contributed by atoms with E-state index in [1.807, 2.05) is 13.8 Å². The van der Waals surface area contributed by atoms with Crippen LogP contribution in [0.4, 0.5) is 13.2 Å². The van der Waals surface area contributed by atoms with E-state index in [0.29, 0.717) is 28.3 Å². The minimum absolute atomic E-state index is 0.174. The summed E-state index contributed by atoms with van der Waals surface area (Å²) >= 11 is 0. The lowest BCUT2D eigenvalue weighted by atomic mass is 10.1. The molecule has 0 atom stereocenters. The molecule has 0 aliphatic rings. The summed E-state index contributed by atoms with van der Waals surface area (Å²) in [6, 6.07) is 5.11. The van der Waals surface area contributed by atoms with Crippen molar-refractivity contribution in [2.75, 3.05) is 0 Å². The Hall–Kier alpha value is -2.31. The van der Waals surface area contributed by atoms with Gasteiger partial charge in [-0.3, -0.25) is 0 Å². The molecule has 0 unspecified atom stereocenters. The Morgan fingerprint density at radius 2 is 1.95 bits per heavy atom. The number of fused-ring (bicyclic) bond motifs is 1. The lowest BCUT2D eigenvalue weighted by Crippen LogP contribution is -2.04. The average molecular weight is 295 g/mol. The van der Waals surface area contributed by atoms with Gasteiger partial charge in [-0.25, -0.2) is 4.98 Å². The number of rotatable bonds is 2. The molecule has 1 N–H and O–H groups in total. The van der Waals surface area contributed by atoms with Gasteiger partial charge >= 0.3 is 6.18 Å². The van der Waals surface area contributed by atoms with Crippen LogP contribution in [0.25, 0.3) is 22.6 Å². The van der Waals surface area contributed by atoms with Gasteiger partial charge in [-0.15, -0.1) is 0 Å². The van der Waals surface area contributed by atoms with Crippen LogP contribution in [0.2, 0.25) is 0 Å². The van der Waals surface area contributed by atoms with Crippen molar-refractivity contribution < 1.29 is 17.7 Å². The van der Waals surface area contributed by atoms with Crippen molar-refractivity contribution in [3.63, 3.8) is 0 Å². The molecule has 3 aromatic rings. The molecule has 0 bridgehead atoms. The number of benzene rings is 1. The van der Waals surface area contributed by atoms with E-state index in [-0.39, 0.29) is 5.92 Å². The Kier molecular flexibility index (Phi) is 3.00. The molecule has 0 spiro atoms. The van der Waals surface area contributed by atoms with Crippen LogP contribution < -0.4 is 0 Å². The number of halogens is 3. The van der Waals surface area contributed by atoms with E-state index in [2.05, 4.69) is 15.1 Å². The Balaban J connectivity index is 2.04. The summed E-state index contributed by atoms with van der Waals surface area (Å²) in [4.78, 5) is 7.08. The van der Waals surface area contributed by atoms with Crippen LogP contribution >= 0.6 is 0 Å². The van der Waals surface area contributed by atoms with Crippen LogP contribution in [0, 0.1) is 0 Å². The van der Waals surface area contributed by atoms with Gasteiger partial charge in [0.05, 0.1) is 16.6 Å². The predicted molar refractivity (Wildman–Crippen MR) is 70.7 cm³/mol. The molecule has 0 aliphatic heterocycles. The highest BCUT2D eigenvalue weighted by Gasteiger charge is 2.30. The topological polar surface area (TPSA) is 54.7 Å². The van der Waals surface area contributed by atoms with Gasteiger partial charge in [-0.2, -0.15) is 13.2 Å². The molecule has 21 heavy (non-hydrogen) atoms. The molecule has 0 fully saturated rings. The summed E-state index contributed by atoms with van der Waals surface area (Å²) < 4.78 is 43.2. The number of alkyl halides is 3. The molecule has 1 aromatic carbocycles. The van der Waals surface area contributed by atoms with Crippen molar-refractivity contribution in [2.24, 2.45) is 0 Å².